The molecule has 1 aromatic rings. The molecule has 1 atom stereocenters. The second-order valence-corrected chi connectivity index (χ2v) is 5.03. The summed E-state index contributed by atoms with van der Waals surface area (Å²) in [7, 11) is -3.26. The van der Waals surface area contributed by atoms with Crippen molar-refractivity contribution in [3.63, 3.8) is 0 Å². The topological polar surface area (TPSA) is 37.3 Å². The molecule has 0 spiro atoms. The monoisotopic (exact) mass is 226 g/mol. The molecule has 5 heteroatoms. The van der Waals surface area contributed by atoms with Crippen molar-refractivity contribution < 1.29 is 9.46 Å². The van der Waals surface area contributed by atoms with Crippen LogP contribution in [0.15, 0.2) is 30.3 Å². The predicted octanol–water partition coefficient (Wildman–Crippen LogP) is 2.20. The number of rotatable bonds is 2. The summed E-state index contributed by atoms with van der Waals surface area (Å²) in [6.45, 7) is 0. The summed E-state index contributed by atoms with van der Waals surface area (Å²) < 4.78 is 11.2. The molecular formula is C7H9Cl2O2P. The number of alkyl halides is 1. The molecule has 0 heterocycles. The van der Waals surface area contributed by atoms with Gasteiger partial charge in [-0.25, -0.2) is 0 Å². The van der Waals surface area contributed by atoms with Crippen LogP contribution >= 0.6 is 31.4 Å². The maximum absolute atomic E-state index is 11.2. The largest absolute Gasteiger partial charge is 0.340 e. The van der Waals surface area contributed by atoms with Crippen LogP contribution in [0.4, 0.5) is 0 Å². The first-order valence-electron chi connectivity index (χ1n) is 3.10. The summed E-state index contributed by atoms with van der Waals surface area (Å²) in [5, 5.41) is 0.412. The Bertz CT molecular complexity index is 276. The van der Waals surface area contributed by atoms with Crippen molar-refractivity contribution in [3.8, 4) is 0 Å². The second kappa shape index (κ2) is 4.88. The third-order valence-corrected chi connectivity index (χ3v) is 3.72. The van der Waals surface area contributed by atoms with Gasteiger partial charge in [-0.15, -0.1) is 24.0 Å². The molecule has 1 N–H and O–H groups in total. The van der Waals surface area contributed by atoms with E-state index in [1.54, 1.807) is 30.3 Å². The van der Waals surface area contributed by atoms with Crippen molar-refractivity contribution in [3.05, 3.63) is 30.3 Å². The van der Waals surface area contributed by atoms with Gasteiger partial charge in [0.15, 0.2) is 0 Å². The minimum atomic E-state index is -3.26. The van der Waals surface area contributed by atoms with Gasteiger partial charge in [-0.3, -0.25) is 4.57 Å². The van der Waals surface area contributed by atoms with E-state index in [1.807, 2.05) is 0 Å². The average Bonchev–Trinajstić information content (AvgIpc) is 2.06. The van der Waals surface area contributed by atoms with Gasteiger partial charge < -0.3 is 4.89 Å². The molecule has 0 radical (unpaired) electrons. The molecule has 1 unspecified atom stereocenters. The summed E-state index contributed by atoms with van der Waals surface area (Å²) in [5.41, 5.74) is -0.225. The van der Waals surface area contributed by atoms with E-state index < -0.39 is 7.37 Å². The molecule has 2 nitrogen and oxygen atoms in total. The maximum atomic E-state index is 11.2. The summed E-state index contributed by atoms with van der Waals surface area (Å²) in [5.74, 6) is 0. The first kappa shape index (κ1) is 12.0. The summed E-state index contributed by atoms with van der Waals surface area (Å²) in [6.07, 6.45) is 0. The van der Waals surface area contributed by atoms with Gasteiger partial charge in [-0.2, -0.15) is 0 Å². The molecule has 0 aliphatic heterocycles. The third-order valence-electron chi connectivity index (χ3n) is 1.32. The molecule has 0 aliphatic carbocycles. The lowest BCUT2D eigenvalue weighted by atomic mass is 10.4. The van der Waals surface area contributed by atoms with Crippen LogP contribution in [0.25, 0.3) is 0 Å². The van der Waals surface area contributed by atoms with Crippen molar-refractivity contribution in [2.24, 2.45) is 0 Å². The van der Waals surface area contributed by atoms with Crippen LogP contribution in [-0.4, -0.2) is 10.5 Å². The van der Waals surface area contributed by atoms with E-state index in [0.717, 1.165) is 0 Å². The Balaban J connectivity index is 0.00000121. The highest BCUT2D eigenvalue weighted by Crippen LogP contribution is 2.39. The highest BCUT2D eigenvalue weighted by Gasteiger charge is 2.18. The zero-order valence-corrected chi connectivity index (χ0v) is 8.65. The van der Waals surface area contributed by atoms with Crippen LogP contribution in [0, 0.1) is 0 Å². The summed E-state index contributed by atoms with van der Waals surface area (Å²) in [4.78, 5) is 9.22. The number of benzene rings is 1. The van der Waals surface area contributed by atoms with Gasteiger partial charge in [0.1, 0.15) is 5.62 Å². The number of halogens is 2. The average molecular weight is 227 g/mol. The maximum Gasteiger partial charge on any atom is 0.243 e. The Morgan fingerprint density at radius 1 is 1.33 bits per heavy atom. The minimum Gasteiger partial charge on any atom is -0.340 e. The van der Waals surface area contributed by atoms with Gasteiger partial charge in [0.05, 0.1) is 0 Å². The van der Waals surface area contributed by atoms with E-state index in [-0.39, 0.29) is 18.0 Å². The van der Waals surface area contributed by atoms with E-state index in [2.05, 4.69) is 0 Å². The lowest BCUT2D eigenvalue weighted by Crippen LogP contribution is -2.03. The molecule has 1 rings (SSSR count). The van der Waals surface area contributed by atoms with E-state index in [0.29, 0.717) is 5.30 Å². The summed E-state index contributed by atoms with van der Waals surface area (Å²) >= 11 is 5.31. The first-order chi connectivity index (χ1) is 5.17. The standard InChI is InChI=1S/C7H8ClO2P.ClH/c8-6-11(9,10)7-4-2-1-3-5-7;/h1-5H,6H2,(H,9,10);1H. The van der Waals surface area contributed by atoms with E-state index >= 15 is 0 Å². The fourth-order valence-electron chi connectivity index (χ4n) is 0.730. The molecule has 0 bridgehead atoms. The smallest absolute Gasteiger partial charge is 0.243 e. The summed E-state index contributed by atoms with van der Waals surface area (Å²) in [6, 6.07) is 8.42. The van der Waals surface area contributed by atoms with Crippen molar-refractivity contribution in [1.82, 2.24) is 0 Å². The Morgan fingerprint density at radius 3 is 2.25 bits per heavy atom. The number of hydrogen-bond acceptors (Lipinski definition) is 1. The van der Waals surface area contributed by atoms with Gasteiger partial charge >= 0.3 is 0 Å². The van der Waals surface area contributed by atoms with Crippen LogP contribution in [0.5, 0.6) is 0 Å². The van der Waals surface area contributed by atoms with Gasteiger partial charge in [0, 0.05) is 5.30 Å². The van der Waals surface area contributed by atoms with Crippen LogP contribution in [0.2, 0.25) is 0 Å². The van der Waals surface area contributed by atoms with Crippen molar-refractivity contribution in [2.75, 3.05) is 5.62 Å². The highest BCUT2D eigenvalue weighted by atomic mass is 35.5. The van der Waals surface area contributed by atoms with Crippen LogP contribution < -0.4 is 5.30 Å². The molecule has 0 saturated carbocycles. The van der Waals surface area contributed by atoms with Gasteiger partial charge in [0.25, 0.3) is 0 Å². The molecule has 0 saturated heterocycles. The Labute approximate surface area is 82.4 Å². The molecule has 68 valence electrons. The van der Waals surface area contributed by atoms with Crippen LogP contribution in [0.3, 0.4) is 0 Å². The quantitative estimate of drug-likeness (QED) is 0.621. The fourth-order valence-corrected chi connectivity index (χ4v) is 1.92. The van der Waals surface area contributed by atoms with Gasteiger partial charge in [-0.1, -0.05) is 18.2 Å². The van der Waals surface area contributed by atoms with E-state index in [4.69, 9.17) is 11.6 Å². The van der Waals surface area contributed by atoms with Crippen molar-refractivity contribution >= 4 is 36.7 Å². The van der Waals surface area contributed by atoms with Crippen LogP contribution in [0.1, 0.15) is 0 Å². The second-order valence-electron chi connectivity index (χ2n) is 2.16. The molecule has 0 aromatic heterocycles. The molecule has 0 amide bonds. The van der Waals surface area contributed by atoms with Gasteiger partial charge in [0.2, 0.25) is 7.37 Å². The SMILES string of the molecule is Cl.O=P(O)(CCl)c1ccccc1. The van der Waals surface area contributed by atoms with E-state index in [1.165, 1.54) is 0 Å². The first-order valence-corrected chi connectivity index (χ1v) is 5.48. The fraction of sp³-hybridized carbons (Fsp3) is 0.143. The predicted molar refractivity (Wildman–Crippen MR) is 53.9 cm³/mol. The normalized spacial score (nSPS) is 14.5. The molecule has 1 aromatic carbocycles. The van der Waals surface area contributed by atoms with Crippen molar-refractivity contribution in [2.45, 2.75) is 0 Å². The zero-order chi connectivity index (χ0) is 8.32. The van der Waals surface area contributed by atoms with Crippen molar-refractivity contribution in [1.29, 1.82) is 0 Å². The van der Waals surface area contributed by atoms with E-state index in [9.17, 15) is 9.46 Å². The minimum absolute atomic E-state index is 0. The Hall–Kier alpha value is -0.0100. The molecule has 0 fully saturated rings. The molecule has 0 aliphatic rings. The molecular weight excluding hydrogens is 218 g/mol. The lowest BCUT2D eigenvalue weighted by Gasteiger charge is -2.06. The highest BCUT2D eigenvalue weighted by molar-refractivity contribution is 7.67. The Morgan fingerprint density at radius 2 is 1.83 bits per heavy atom. The Kier molecular flexibility index (Phi) is 4.88. The van der Waals surface area contributed by atoms with Crippen LogP contribution in [-0.2, 0) is 4.57 Å². The van der Waals surface area contributed by atoms with Gasteiger partial charge in [-0.05, 0) is 12.1 Å². The molecule has 12 heavy (non-hydrogen) atoms. The lowest BCUT2D eigenvalue weighted by molar-refractivity contribution is 0.495. The third kappa shape index (κ3) is 2.80. The number of hydrogen-bond donors (Lipinski definition) is 1. The zero-order valence-electron chi connectivity index (χ0n) is 6.18.